The topological polar surface area (TPSA) is 117 Å². The van der Waals surface area contributed by atoms with Crippen molar-refractivity contribution in [3.63, 3.8) is 0 Å². The van der Waals surface area contributed by atoms with Crippen molar-refractivity contribution in [3.8, 4) is 11.5 Å². The number of anilines is 1. The van der Waals surface area contributed by atoms with Crippen molar-refractivity contribution in [2.24, 2.45) is 0 Å². The van der Waals surface area contributed by atoms with Gasteiger partial charge in [0, 0.05) is 37.9 Å². The average molecular weight is 412 g/mol. The van der Waals surface area contributed by atoms with Gasteiger partial charge in [0.25, 0.3) is 11.5 Å². The molecule has 9 heteroatoms. The zero-order chi connectivity index (χ0) is 22.1. The largest absolute Gasteiger partial charge is 0.457 e. The Morgan fingerprint density at radius 2 is 1.73 bits per heavy atom. The number of nitro groups is 1. The number of rotatable bonds is 5. The van der Waals surface area contributed by atoms with Gasteiger partial charge in [0.05, 0.1) is 11.0 Å². The number of aryl methyl sites for hydroxylation is 2. The van der Waals surface area contributed by atoms with Gasteiger partial charge in [-0.1, -0.05) is 12.1 Å². The number of nitrogens with zero attached hydrogens (tertiary/aromatic N) is 1. The Morgan fingerprint density at radius 3 is 2.37 bits per heavy atom. The summed E-state index contributed by atoms with van der Waals surface area (Å²) >= 11 is 0. The predicted molar refractivity (Wildman–Crippen MR) is 107 cm³/mol. The van der Waals surface area contributed by atoms with Crippen molar-refractivity contribution in [2.45, 2.75) is 33.5 Å². The average Bonchev–Trinajstić information content (AvgIpc) is 2.63. The summed E-state index contributed by atoms with van der Waals surface area (Å²) in [5, 5.41) is 14.0. The zero-order valence-electron chi connectivity index (χ0n) is 16.8. The fraction of sp³-hybridized carbons (Fsp3) is 0.238. The molecule has 1 saturated heterocycles. The molecule has 0 unspecified atom stereocenters. The third-order valence-electron chi connectivity index (χ3n) is 4.17. The molecular formula is C21H20N2O7. The van der Waals surface area contributed by atoms with Crippen molar-refractivity contribution < 1.29 is 28.7 Å². The number of ether oxygens (including phenoxy) is 3. The van der Waals surface area contributed by atoms with Crippen LogP contribution in [-0.4, -0.2) is 22.6 Å². The number of cyclic esters (lactones) is 2. The van der Waals surface area contributed by atoms with Gasteiger partial charge in [-0.3, -0.25) is 10.1 Å². The van der Waals surface area contributed by atoms with E-state index in [1.807, 2.05) is 32.0 Å². The molecule has 2 aromatic rings. The molecule has 0 aliphatic carbocycles. The van der Waals surface area contributed by atoms with Crippen molar-refractivity contribution in [1.82, 2.24) is 0 Å². The summed E-state index contributed by atoms with van der Waals surface area (Å²) in [5.41, 5.74) is 1.48. The van der Waals surface area contributed by atoms with E-state index in [-0.39, 0.29) is 22.7 Å². The Labute approximate surface area is 172 Å². The second kappa shape index (κ2) is 7.86. The van der Waals surface area contributed by atoms with Crippen LogP contribution in [0.25, 0.3) is 0 Å². The lowest BCUT2D eigenvalue weighted by atomic mass is 10.1. The second-order valence-electron chi connectivity index (χ2n) is 7.22. The molecule has 0 amide bonds. The third kappa shape index (κ3) is 4.75. The minimum Gasteiger partial charge on any atom is -0.457 e. The molecule has 30 heavy (non-hydrogen) atoms. The van der Waals surface area contributed by atoms with Gasteiger partial charge in [-0.15, -0.1) is 0 Å². The first-order valence-electron chi connectivity index (χ1n) is 9.02. The molecule has 1 fully saturated rings. The molecule has 0 spiro atoms. The van der Waals surface area contributed by atoms with Crippen LogP contribution >= 0.6 is 0 Å². The maximum absolute atomic E-state index is 12.0. The molecule has 0 atom stereocenters. The molecule has 1 aliphatic heterocycles. The maximum atomic E-state index is 12.0. The monoisotopic (exact) mass is 412 g/mol. The Kier molecular flexibility index (Phi) is 5.46. The first-order valence-corrected chi connectivity index (χ1v) is 9.02. The molecule has 156 valence electrons. The number of hydrogen-bond donors (Lipinski definition) is 1. The molecule has 0 saturated carbocycles. The molecule has 9 nitrogen and oxygen atoms in total. The zero-order valence-corrected chi connectivity index (χ0v) is 16.8. The Morgan fingerprint density at radius 1 is 1.07 bits per heavy atom. The summed E-state index contributed by atoms with van der Waals surface area (Å²) in [7, 11) is 0. The molecule has 1 aliphatic rings. The van der Waals surface area contributed by atoms with E-state index in [4.69, 9.17) is 14.2 Å². The molecule has 2 aromatic carbocycles. The first kappa shape index (κ1) is 20.8. The van der Waals surface area contributed by atoms with E-state index in [9.17, 15) is 19.7 Å². The number of benzene rings is 2. The fourth-order valence-electron chi connectivity index (χ4n) is 2.71. The Bertz CT molecular complexity index is 1050. The lowest BCUT2D eigenvalue weighted by Gasteiger charge is -2.29. The number of non-ortho nitro benzene ring substituents is 1. The van der Waals surface area contributed by atoms with Crippen LogP contribution in [0.3, 0.4) is 0 Å². The second-order valence-corrected chi connectivity index (χ2v) is 7.22. The van der Waals surface area contributed by atoms with Gasteiger partial charge in [0.15, 0.2) is 5.57 Å². The van der Waals surface area contributed by atoms with Gasteiger partial charge in [-0.05, 0) is 31.0 Å². The molecule has 3 rings (SSSR count). The lowest BCUT2D eigenvalue weighted by molar-refractivity contribution is -0.384. The summed E-state index contributed by atoms with van der Waals surface area (Å²) in [6, 6.07) is 9.67. The number of carbonyl (C=O) groups is 2. The van der Waals surface area contributed by atoms with E-state index in [2.05, 4.69) is 5.32 Å². The molecule has 0 aromatic heterocycles. The van der Waals surface area contributed by atoms with E-state index < -0.39 is 22.6 Å². The minimum atomic E-state index is -1.36. The highest BCUT2D eigenvalue weighted by Crippen LogP contribution is 2.32. The third-order valence-corrected chi connectivity index (χ3v) is 4.17. The molecule has 0 bridgehead atoms. The van der Waals surface area contributed by atoms with E-state index in [1.165, 1.54) is 32.0 Å². The van der Waals surface area contributed by atoms with E-state index in [1.54, 1.807) is 0 Å². The quantitative estimate of drug-likeness (QED) is 0.256. The van der Waals surface area contributed by atoms with Gasteiger partial charge in [-0.25, -0.2) is 9.59 Å². The highest BCUT2D eigenvalue weighted by atomic mass is 16.7. The van der Waals surface area contributed by atoms with Crippen LogP contribution in [0.2, 0.25) is 0 Å². The molecule has 1 heterocycles. The van der Waals surface area contributed by atoms with Crippen molar-refractivity contribution in [2.75, 3.05) is 5.32 Å². The van der Waals surface area contributed by atoms with E-state index in [0.29, 0.717) is 5.75 Å². The van der Waals surface area contributed by atoms with Crippen molar-refractivity contribution in [3.05, 3.63) is 69.4 Å². The van der Waals surface area contributed by atoms with Crippen LogP contribution < -0.4 is 10.1 Å². The summed E-state index contributed by atoms with van der Waals surface area (Å²) in [4.78, 5) is 34.8. The highest BCUT2D eigenvalue weighted by molar-refractivity contribution is 6.15. The van der Waals surface area contributed by atoms with Gasteiger partial charge >= 0.3 is 11.9 Å². The Balaban J connectivity index is 1.90. The van der Waals surface area contributed by atoms with Crippen LogP contribution in [0.15, 0.2) is 48.2 Å². The van der Waals surface area contributed by atoms with Gasteiger partial charge in [-0.2, -0.15) is 0 Å². The molecular weight excluding hydrogens is 392 g/mol. The van der Waals surface area contributed by atoms with Crippen LogP contribution in [0.5, 0.6) is 11.5 Å². The smallest absolute Gasteiger partial charge is 0.350 e. The van der Waals surface area contributed by atoms with Crippen molar-refractivity contribution in [1.29, 1.82) is 0 Å². The standard InChI is InChI=1S/C21H20N2O7/c1-12-5-6-13(2)18(7-12)28-16-9-14(8-15(10-16)23(26)27)22-11-17-19(24)29-21(3,4)30-20(17)25/h5-11,22H,1-4H3. The van der Waals surface area contributed by atoms with Crippen LogP contribution in [0.4, 0.5) is 11.4 Å². The number of hydrogen-bond acceptors (Lipinski definition) is 8. The summed E-state index contributed by atoms with van der Waals surface area (Å²) in [6.07, 6.45) is 1.08. The van der Waals surface area contributed by atoms with Crippen LogP contribution in [0.1, 0.15) is 25.0 Å². The minimum absolute atomic E-state index is 0.216. The fourth-order valence-corrected chi connectivity index (χ4v) is 2.71. The van der Waals surface area contributed by atoms with Crippen molar-refractivity contribution >= 4 is 23.3 Å². The lowest BCUT2D eigenvalue weighted by Crippen LogP contribution is -2.42. The first-order chi connectivity index (χ1) is 14.0. The van der Waals surface area contributed by atoms with Gasteiger partial charge in [0.2, 0.25) is 0 Å². The number of esters is 2. The van der Waals surface area contributed by atoms with Crippen LogP contribution in [0, 0.1) is 24.0 Å². The van der Waals surface area contributed by atoms with Gasteiger partial charge in [0.1, 0.15) is 11.5 Å². The summed E-state index contributed by atoms with van der Waals surface area (Å²) in [6.45, 7) is 6.63. The number of nitrogens with one attached hydrogen (secondary N) is 1. The summed E-state index contributed by atoms with van der Waals surface area (Å²) < 4.78 is 15.9. The SMILES string of the molecule is Cc1ccc(C)c(Oc2cc(NC=C3C(=O)OC(C)(C)OC3=O)cc([N+](=O)[O-])c2)c1. The summed E-state index contributed by atoms with van der Waals surface area (Å²) in [5.74, 6) is -2.30. The van der Waals surface area contributed by atoms with Crippen LogP contribution in [-0.2, 0) is 19.1 Å². The predicted octanol–water partition coefficient (Wildman–Crippen LogP) is 4.14. The highest BCUT2D eigenvalue weighted by Gasteiger charge is 2.39. The van der Waals surface area contributed by atoms with E-state index in [0.717, 1.165) is 17.3 Å². The normalized spacial score (nSPS) is 15.1. The maximum Gasteiger partial charge on any atom is 0.350 e. The molecule has 0 radical (unpaired) electrons. The van der Waals surface area contributed by atoms with E-state index >= 15 is 0 Å². The number of carbonyl (C=O) groups excluding carboxylic acids is 2. The Hall–Kier alpha value is -3.88. The molecule has 1 N–H and O–H groups in total. The number of nitro benzene ring substituents is 1. The van der Waals surface area contributed by atoms with Gasteiger partial charge < -0.3 is 19.5 Å².